The van der Waals surface area contributed by atoms with Crippen molar-refractivity contribution >= 4 is 15.9 Å². The zero-order chi connectivity index (χ0) is 13.2. The van der Waals surface area contributed by atoms with E-state index in [2.05, 4.69) is 62.2 Å². The highest BCUT2D eigenvalue weighted by atomic mass is 79.9. The zero-order valence-corrected chi connectivity index (χ0v) is 12.7. The molecule has 0 saturated carbocycles. The Labute approximate surface area is 122 Å². The van der Waals surface area contributed by atoms with E-state index in [9.17, 15) is 0 Å². The van der Waals surface area contributed by atoms with Gasteiger partial charge in [0, 0.05) is 15.7 Å². The molecule has 3 rings (SSSR count). The molecule has 4 heteroatoms. The third kappa shape index (κ3) is 2.60. The quantitative estimate of drug-likeness (QED) is 0.917. The van der Waals surface area contributed by atoms with Crippen LogP contribution in [0.15, 0.2) is 34.9 Å². The van der Waals surface area contributed by atoms with Gasteiger partial charge in [-0.1, -0.05) is 28.1 Å². The van der Waals surface area contributed by atoms with Gasteiger partial charge in [0.2, 0.25) is 0 Å². The third-order valence-electron chi connectivity index (χ3n) is 3.83. The van der Waals surface area contributed by atoms with Crippen molar-refractivity contribution in [3.8, 4) is 11.1 Å². The van der Waals surface area contributed by atoms with E-state index in [1.165, 1.54) is 29.7 Å². The monoisotopic (exact) mass is 319 g/mol. The molecule has 0 bridgehead atoms. The zero-order valence-electron chi connectivity index (χ0n) is 11.1. The average Bonchev–Trinajstić information content (AvgIpc) is 2.81. The van der Waals surface area contributed by atoms with Crippen LogP contribution in [-0.4, -0.2) is 22.9 Å². The second-order valence-corrected chi connectivity index (χ2v) is 6.00. The van der Waals surface area contributed by atoms with Crippen LogP contribution in [0.4, 0.5) is 0 Å². The molecule has 1 N–H and O–H groups in total. The van der Waals surface area contributed by atoms with E-state index in [1.54, 1.807) is 0 Å². The van der Waals surface area contributed by atoms with Crippen LogP contribution >= 0.6 is 15.9 Å². The minimum atomic E-state index is 0.544. The molecule has 19 heavy (non-hydrogen) atoms. The summed E-state index contributed by atoms with van der Waals surface area (Å²) >= 11 is 3.53. The number of nitrogens with zero attached hydrogens (tertiary/aromatic N) is 2. The minimum absolute atomic E-state index is 0.544. The summed E-state index contributed by atoms with van der Waals surface area (Å²) in [4.78, 5) is 0. The number of hydrogen-bond donors (Lipinski definition) is 1. The number of hydrogen-bond acceptors (Lipinski definition) is 2. The van der Waals surface area contributed by atoms with Crippen LogP contribution in [0.2, 0.25) is 0 Å². The number of rotatable bonds is 2. The molecule has 1 aliphatic heterocycles. The Bertz CT molecular complexity index is 571. The minimum Gasteiger partial charge on any atom is -0.317 e. The average molecular weight is 320 g/mol. The molecule has 3 nitrogen and oxygen atoms in total. The SMILES string of the molecule is Cc1c(-c2cccc(Br)c2)cnn1C1CCNCC1. The van der Waals surface area contributed by atoms with Crippen LogP contribution in [0.5, 0.6) is 0 Å². The van der Waals surface area contributed by atoms with E-state index < -0.39 is 0 Å². The molecule has 0 aliphatic carbocycles. The predicted octanol–water partition coefficient (Wildman–Crippen LogP) is 3.55. The standard InChI is InChI=1S/C15H18BrN3/c1-11-15(12-3-2-4-13(16)9-12)10-18-19(11)14-5-7-17-8-6-14/h2-4,9-10,14,17H,5-8H2,1H3. The summed E-state index contributed by atoms with van der Waals surface area (Å²) in [5.74, 6) is 0. The lowest BCUT2D eigenvalue weighted by molar-refractivity contribution is 0.338. The summed E-state index contributed by atoms with van der Waals surface area (Å²) in [7, 11) is 0. The largest absolute Gasteiger partial charge is 0.317 e. The van der Waals surface area contributed by atoms with E-state index in [0.29, 0.717) is 6.04 Å². The van der Waals surface area contributed by atoms with Gasteiger partial charge >= 0.3 is 0 Å². The van der Waals surface area contributed by atoms with Crippen LogP contribution < -0.4 is 5.32 Å². The van der Waals surface area contributed by atoms with Gasteiger partial charge in [0.15, 0.2) is 0 Å². The number of benzene rings is 1. The lowest BCUT2D eigenvalue weighted by Gasteiger charge is -2.24. The number of aromatic nitrogens is 2. The van der Waals surface area contributed by atoms with E-state index in [1.807, 2.05) is 6.20 Å². The van der Waals surface area contributed by atoms with Gasteiger partial charge < -0.3 is 5.32 Å². The summed E-state index contributed by atoms with van der Waals surface area (Å²) in [6.07, 6.45) is 4.33. The molecular weight excluding hydrogens is 302 g/mol. The van der Waals surface area contributed by atoms with Crippen molar-refractivity contribution in [2.75, 3.05) is 13.1 Å². The van der Waals surface area contributed by atoms with Crippen molar-refractivity contribution in [3.05, 3.63) is 40.6 Å². The Kier molecular flexibility index (Phi) is 3.71. The van der Waals surface area contributed by atoms with E-state index in [-0.39, 0.29) is 0 Å². The van der Waals surface area contributed by atoms with Crippen molar-refractivity contribution < 1.29 is 0 Å². The van der Waals surface area contributed by atoms with Crippen LogP contribution in [0.3, 0.4) is 0 Å². The number of nitrogens with one attached hydrogen (secondary N) is 1. The van der Waals surface area contributed by atoms with Crippen molar-refractivity contribution in [1.82, 2.24) is 15.1 Å². The van der Waals surface area contributed by atoms with Crippen molar-refractivity contribution in [2.24, 2.45) is 0 Å². The highest BCUT2D eigenvalue weighted by Gasteiger charge is 2.19. The van der Waals surface area contributed by atoms with E-state index >= 15 is 0 Å². The lowest BCUT2D eigenvalue weighted by atomic mass is 10.0. The molecule has 1 aromatic carbocycles. The number of halogens is 1. The van der Waals surface area contributed by atoms with Gasteiger partial charge in [-0.15, -0.1) is 0 Å². The van der Waals surface area contributed by atoms with Crippen molar-refractivity contribution in [1.29, 1.82) is 0 Å². The molecule has 2 aromatic rings. The van der Waals surface area contributed by atoms with Gasteiger partial charge in [-0.3, -0.25) is 4.68 Å². The Morgan fingerprint density at radius 1 is 1.32 bits per heavy atom. The number of piperidine rings is 1. The first-order chi connectivity index (χ1) is 9.25. The molecule has 1 fully saturated rings. The molecule has 2 heterocycles. The Morgan fingerprint density at radius 2 is 2.11 bits per heavy atom. The lowest BCUT2D eigenvalue weighted by Crippen LogP contribution is -2.30. The van der Waals surface area contributed by atoms with Crippen LogP contribution in [-0.2, 0) is 0 Å². The smallest absolute Gasteiger partial charge is 0.0571 e. The first kappa shape index (κ1) is 12.9. The van der Waals surface area contributed by atoms with E-state index in [0.717, 1.165) is 17.6 Å². The fourth-order valence-corrected chi connectivity index (χ4v) is 3.18. The summed E-state index contributed by atoms with van der Waals surface area (Å²) < 4.78 is 3.32. The maximum atomic E-state index is 4.62. The molecule has 0 radical (unpaired) electrons. The Balaban J connectivity index is 1.94. The fourth-order valence-electron chi connectivity index (χ4n) is 2.78. The fraction of sp³-hybridized carbons (Fsp3) is 0.400. The Hall–Kier alpha value is -1.13. The predicted molar refractivity (Wildman–Crippen MR) is 81.2 cm³/mol. The summed E-state index contributed by atoms with van der Waals surface area (Å²) in [5, 5.41) is 8.02. The summed E-state index contributed by atoms with van der Waals surface area (Å²) in [6.45, 7) is 4.36. The van der Waals surface area contributed by atoms with Crippen molar-refractivity contribution in [2.45, 2.75) is 25.8 Å². The molecule has 0 unspecified atom stereocenters. The third-order valence-corrected chi connectivity index (χ3v) is 4.33. The van der Waals surface area contributed by atoms with Crippen LogP contribution in [0.1, 0.15) is 24.6 Å². The van der Waals surface area contributed by atoms with Crippen LogP contribution in [0, 0.1) is 6.92 Å². The van der Waals surface area contributed by atoms with Gasteiger partial charge in [0.25, 0.3) is 0 Å². The van der Waals surface area contributed by atoms with Gasteiger partial charge in [-0.25, -0.2) is 0 Å². The maximum Gasteiger partial charge on any atom is 0.0571 e. The molecule has 0 amide bonds. The van der Waals surface area contributed by atoms with Gasteiger partial charge in [0.05, 0.1) is 12.2 Å². The van der Waals surface area contributed by atoms with Crippen LogP contribution in [0.25, 0.3) is 11.1 Å². The van der Waals surface area contributed by atoms with Gasteiger partial charge in [-0.05, 0) is 50.6 Å². The molecule has 1 aliphatic rings. The van der Waals surface area contributed by atoms with Gasteiger partial charge in [0.1, 0.15) is 0 Å². The molecule has 100 valence electrons. The summed E-state index contributed by atoms with van der Waals surface area (Å²) in [6, 6.07) is 8.96. The molecular formula is C15H18BrN3. The topological polar surface area (TPSA) is 29.9 Å². The molecule has 0 atom stereocenters. The highest BCUT2D eigenvalue weighted by molar-refractivity contribution is 9.10. The molecule has 1 aromatic heterocycles. The second kappa shape index (κ2) is 5.47. The maximum absolute atomic E-state index is 4.62. The first-order valence-electron chi connectivity index (χ1n) is 6.76. The summed E-state index contributed by atoms with van der Waals surface area (Å²) in [5.41, 5.74) is 3.73. The van der Waals surface area contributed by atoms with Crippen molar-refractivity contribution in [3.63, 3.8) is 0 Å². The van der Waals surface area contributed by atoms with Gasteiger partial charge in [-0.2, -0.15) is 5.10 Å². The first-order valence-corrected chi connectivity index (χ1v) is 7.56. The highest BCUT2D eigenvalue weighted by Crippen LogP contribution is 2.29. The normalized spacial score (nSPS) is 16.7. The molecule has 1 saturated heterocycles. The molecule has 0 spiro atoms. The second-order valence-electron chi connectivity index (χ2n) is 5.08. The van der Waals surface area contributed by atoms with E-state index in [4.69, 9.17) is 0 Å². The Morgan fingerprint density at radius 3 is 2.84 bits per heavy atom.